The minimum absolute atomic E-state index is 0.718. The summed E-state index contributed by atoms with van der Waals surface area (Å²) in [5, 5.41) is 11.9. The lowest BCUT2D eigenvalue weighted by molar-refractivity contribution is 0.367. The fourth-order valence-corrected chi connectivity index (χ4v) is 8.35. The molecule has 10 aromatic rings. The second kappa shape index (κ2) is 11.3. The molecule has 1 heterocycles. The lowest BCUT2D eigenvalue weighted by Gasteiger charge is -2.24. The fraction of sp³-hybridized carbons (Fsp3) is 0. The Balaban J connectivity index is 1.02. The summed E-state index contributed by atoms with van der Waals surface area (Å²) in [6, 6.07) is 65.0. The molecule has 10 aromatic carbocycles. The highest BCUT2D eigenvalue weighted by atomic mass is 16.6. The average molecular weight is 663 g/mol. The van der Waals surface area contributed by atoms with Crippen molar-refractivity contribution in [3.05, 3.63) is 182 Å². The van der Waals surface area contributed by atoms with E-state index in [4.69, 9.17) is 9.47 Å². The zero-order valence-corrected chi connectivity index (χ0v) is 28.1. The molecule has 0 bridgehead atoms. The number of rotatable bonds is 3. The van der Waals surface area contributed by atoms with E-state index in [0.717, 1.165) is 55.7 Å². The molecule has 0 atom stereocenters. The van der Waals surface area contributed by atoms with E-state index in [9.17, 15) is 0 Å². The number of ether oxygens (including phenoxy) is 2. The van der Waals surface area contributed by atoms with E-state index in [1.165, 1.54) is 54.6 Å². The molecule has 0 aromatic heterocycles. The van der Waals surface area contributed by atoms with Gasteiger partial charge in [0.25, 0.3) is 0 Å². The number of fused-ring (bicyclic) bond motifs is 10. The highest BCUT2D eigenvalue weighted by Crippen LogP contribution is 2.53. The minimum atomic E-state index is 0.718. The van der Waals surface area contributed by atoms with Crippen molar-refractivity contribution in [3.63, 3.8) is 0 Å². The first-order valence-electron chi connectivity index (χ1n) is 17.8. The van der Waals surface area contributed by atoms with Crippen LogP contribution in [-0.2, 0) is 0 Å². The zero-order valence-electron chi connectivity index (χ0n) is 28.1. The van der Waals surface area contributed by atoms with E-state index >= 15 is 0 Å². The molecule has 0 aliphatic carbocycles. The first-order valence-corrected chi connectivity index (χ1v) is 17.8. The lowest BCUT2D eigenvalue weighted by atomic mass is 9.84. The summed E-state index contributed by atoms with van der Waals surface area (Å²) < 4.78 is 13.3. The van der Waals surface area contributed by atoms with Crippen molar-refractivity contribution < 1.29 is 9.47 Å². The van der Waals surface area contributed by atoms with Gasteiger partial charge in [-0.2, -0.15) is 0 Å². The first kappa shape index (κ1) is 28.9. The minimum Gasteiger partial charge on any atom is -0.449 e. The molecule has 0 unspecified atom stereocenters. The maximum absolute atomic E-state index is 6.70. The molecular formula is C50H30O2. The fourth-order valence-electron chi connectivity index (χ4n) is 8.35. The van der Waals surface area contributed by atoms with E-state index in [-0.39, 0.29) is 0 Å². The van der Waals surface area contributed by atoms with Crippen LogP contribution in [0.15, 0.2) is 182 Å². The smallest absolute Gasteiger partial charge is 0.178 e. The first-order chi connectivity index (χ1) is 25.8. The largest absolute Gasteiger partial charge is 0.449 e. The standard InChI is InChI=1S/C50H30O2/c1-2-14-35-32(12-1)13-11-23-38(35)48-41-19-7-5-17-39(41)47(40-18-6-8-20-42(40)48)33-26-24-31(25-27-33)34-28-29-45-46(30-34)52-50-44-22-10-4-16-37(44)36-15-3-9-21-43(36)49(50)51-45/h1-30H. The second-order valence-corrected chi connectivity index (χ2v) is 13.6. The van der Waals surface area contributed by atoms with Gasteiger partial charge in [0.15, 0.2) is 23.0 Å². The van der Waals surface area contributed by atoms with Gasteiger partial charge in [-0.25, -0.2) is 0 Å². The van der Waals surface area contributed by atoms with Gasteiger partial charge >= 0.3 is 0 Å². The monoisotopic (exact) mass is 662 g/mol. The Labute approximate surface area is 300 Å². The predicted molar refractivity (Wildman–Crippen MR) is 217 cm³/mol. The van der Waals surface area contributed by atoms with Crippen molar-refractivity contribution in [1.82, 2.24) is 0 Å². The summed E-state index contributed by atoms with van der Waals surface area (Å²) >= 11 is 0. The molecule has 1 aliphatic heterocycles. The molecule has 1 aliphatic rings. The Hall–Kier alpha value is -6.90. The van der Waals surface area contributed by atoms with Crippen LogP contribution < -0.4 is 9.47 Å². The second-order valence-electron chi connectivity index (χ2n) is 13.6. The van der Waals surface area contributed by atoms with E-state index in [1.54, 1.807) is 0 Å². The summed E-state index contributed by atoms with van der Waals surface area (Å²) in [5.41, 5.74) is 7.16. The summed E-state index contributed by atoms with van der Waals surface area (Å²) in [5.74, 6) is 2.97. The molecule has 2 heteroatoms. The molecule has 2 nitrogen and oxygen atoms in total. The summed E-state index contributed by atoms with van der Waals surface area (Å²) in [7, 11) is 0. The van der Waals surface area contributed by atoms with Crippen LogP contribution in [0, 0.1) is 0 Å². The Morgan fingerprint density at radius 2 is 0.712 bits per heavy atom. The molecule has 11 rings (SSSR count). The molecule has 0 saturated carbocycles. The zero-order chi connectivity index (χ0) is 34.2. The molecule has 0 saturated heterocycles. The normalized spacial score (nSPS) is 12.2. The van der Waals surface area contributed by atoms with Crippen LogP contribution in [0.3, 0.4) is 0 Å². The van der Waals surface area contributed by atoms with Gasteiger partial charge in [-0.1, -0.05) is 170 Å². The van der Waals surface area contributed by atoms with Gasteiger partial charge in [0.05, 0.1) is 0 Å². The van der Waals surface area contributed by atoms with Gasteiger partial charge in [-0.15, -0.1) is 0 Å². The molecular weight excluding hydrogens is 633 g/mol. The van der Waals surface area contributed by atoms with Crippen LogP contribution in [-0.4, -0.2) is 0 Å². The van der Waals surface area contributed by atoms with Gasteiger partial charge in [-0.3, -0.25) is 0 Å². The van der Waals surface area contributed by atoms with Crippen molar-refractivity contribution in [3.8, 4) is 56.4 Å². The molecule has 242 valence electrons. The van der Waals surface area contributed by atoms with Crippen LogP contribution in [0.5, 0.6) is 23.0 Å². The Kier molecular flexibility index (Phi) is 6.28. The SMILES string of the molecule is c1ccc2c(-c3c4ccccc4c(-c4ccc(-c5ccc6c(c5)Oc5c(c7ccccc7c7ccccc57)O6)cc4)c4ccccc34)cccc2c1. The Morgan fingerprint density at radius 3 is 1.33 bits per heavy atom. The maximum atomic E-state index is 6.70. The van der Waals surface area contributed by atoms with Gasteiger partial charge in [0.2, 0.25) is 0 Å². The number of hydrogen-bond acceptors (Lipinski definition) is 2. The van der Waals surface area contributed by atoms with Crippen LogP contribution >= 0.6 is 0 Å². The summed E-state index contributed by atoms with van der Waals surface area (Å²) in [4.78, 5) is 0. The lowest BCUT2D eigenvalue weighted by Crippen LogP contribution is -2.01. The number of benzene rings is 10. The Morgan fingerprint density at radius 1 is 0.269 bits per heavy atom. The summed E-state index contributed by atoms with van der Waals surface area (Å²) in [6.45, 7) is 0. The van der Waals surface area contributed by atoms with E-state index < -0.39 is 0 Å². The third-order valence-corrected chi connectivity index (χ3v) is 10.7. The molecule has 0 spiro atoms. The van der Waals surface area contributed by atoms with Crippen LogP contribution in [0.4, 0.5) is 0 Å². The van der Waals surface area contributed by atoms with Crippen LogP contribution in [0.1, 0.15) is 0 Å². The van der Waals surface area contributed by atoms with Crippen molar-refractivity contribution in [2.45, 2.75) is 0 Å². The van der Waals surface area contributed by atoms with Gasteiger partial charge < -0.3 is 9.47 Å². The average Bonchev–Trinajstić information content (AvgIpc) is 3.22. The van der Waals surface area contributed by atoms with Gasteiger partial charge in [0.1, 0.15) is 0 Å². The summed E-state index contributed by atoms with van der Waals surface area (Å²) in [6.07, 6.45) is 0. The molecule has 0 radical (unpaired) electrons. The third-order valence-electron chi connectivity index (χ3n) is 10.7. The van der Waals surface area contributed by atoms with Crippen molar-refractivity contribution in [2.75, 3.05) is 0 Å². The highest BCUT2D eigenvalue weighted by molar-refractivity contribution is 6.23. The van der Waals surface area contributed by atoms with E-state index in [1.807, 2.05) is 12.1 Å². The highest BCUT2D eigenvalue weighted by Gasteiger charge is 2.25. The van der Waals surface area contributed by atoms with Crippen LogP contribution in [0.25, 0.3) is 87.2 Å². The quantitative estimate of drug-likeness (QED) is 0.138. The maximum Gasteiger partial charge on any atom is 0.178 e. The van der Waals surface area contributed by atoms with E-state index in [2.05, 4.69) is 170 Å². The van der Waals surface area contributed by atoms with Gasteiger partial charge in [-0.05, 0) is 88.6 Å². The topological polar surface area (TPSA) is 18.5 Å². The number of hydrogen-bond donors (Lipinski definition) is 0. The molecule has 0 N–H and O–H groups in total. The third kappa shape index (κ3) is 4.31. The molecule has 0 amide bonds. The van der Waals surface area contributed by atoms with Gasteiger partial charge in [0, 0.05) is 10.8 Å². The van der Waals surface area contributed by atoms with Crippen LogP contribution in [0.2, 0.25) is 0 Å². The Bertz CT molecular complexity index is 3000. The van der Waals surface area contributed by atoms with E-state index in [0.29, 0.717) is 0 Å². The molecule has 0 fully saturated rings. The van der Waals surface area contributed by atoms with Crippen molar-refractivity contribution in [1.29, 1.82) is 0 Å². The molecule has 52 heavy (non-hydrogen) atoms. The van der Waals surface area contributed by atoms with Crippen molar-refractivity contribution in [2.24, 2.45) is 0 Å². The predicted octanol–water partition coefficient (Wildman–Crippen LogP) is 14.4. The van der Waals surface area contributed by atoms with Crippen molar-refractivity contribution >= 4 is 53.9 Å².